The maximum atomic E-state index is 15.3. The molecule has 6 aromatic heterocycles. The van der Waals surface area contributed by atoms with Crippen molar-refractivity contribution in [3.8, 4) is 44.8 Å². The summed E-state index contributed by atoms with van der Waals surface area (Å²) in [7, 11) is 0. The summed E-state index contributed by atoms with van der Waals surface area (Å²) >= 11 is 0. The van der Waals surface area contributed by atoms with Crippen LogP contribution in [0, 0.1) is 53.2 Å². The number of H-pyrrole nitrogens is 2. The summed E-state index contributed by atoms with van der Waals surface area (Å²) in [5, 5.41) is 19.6. The van der Waals surface area contributed by atoms with Crippen LogP contribution in [-0.4, -0.2) is 108 Å². The molecule has 0 saturated carbocycles. The lowest BCUT2D eigenvalue weighted by Gasteiger charge is -2.34. The summed E-state index contributed by atoms with van der Waals surface area (Å²) in [6.45, 7) is 19.8. The molecular weight excluding hydrogens is 980 g/mol. The Morgan fingerprint density at radius 3 is 1.64 bits per heavy atom. The predicted molar refractivity (Wildman–Crippen MR) is 274 cm³/mol. The zero-order chi connectivity index (χ0) is 53.9. The van der Waals surface area contributed by atoms with E-state index in [9.17, 15) is 18.0 Å². The topological polar surface area (TPSA) is 218 Å². The molecule has 2 atom stereocenters. The van der Waals surface area contributed by atoms with Gasteiger partial charge in [-0.1, -0.05) is 10.3 Å². The summed E-state index contributed by atoms with van der Waals surface area (Å²) in [5.74, 6) is 1.55. The van der Waals surface area contributed by atoms with Crippen LogP contribution in [-0.2, 0) is 9.53 Å². The Morgan fingerprint density at radius 1 is 0.733 bits per heavy atom. The number of aromatic amines is 2. The Bertz CT molecular complexity index is 3310. The van der Waals surface area contributed by atoms with E-state index < -0.39 is 18.1 Å². The van der Waals surface area contributed by atoms with Crippen LogP contribution in [0.5, 0.6) is 0 Å². The van der Waals surface area contributed by atoms with Gasteiger partial charge in [-0.2, -0.15) is 13.2 Å². The molecule has 2 aliphatic rings. The average Bonchev–Trinajstić information content (AvgIpc) is 4.16. The Balaban J connectivity index is 0.000000183. The number of fused-ring (bicyclic) bond motifs is 2. The first-order valence-electron chi connectivity index (χ1n) is 24.5. The van der Waals surface area contributed by atoms with E-state index in [-0.39, 0.29) is 23.8 Å². The highest BCUT2D eigenvalue weighted by atomic mass is 19.4. The van der Waals surface area contributed by atoms with Gasteiger partial charge in [0.1, 0.15) is 28.8 Å². The first-order chi connectivity index (χ1) is 35.6. The molecule has 0 bridgehead atoms. The van der Waals surface area contributed by atoms with E-state index in [0.29, 0.717) is 81.9 Å². The second kappa shape index (κ2) is 22.0. The van der Waals surface area contributed by atoms with E-state index in [1.54, 1.807) is 44.0 Å². The summed E-state index contributed by atoms with van der Waals surface area (Å²) < 4.78 is 77.8. The van der Waals surface area contributed by atoms with Crippen LogP contribution < -0.4 is 16.0 Å². The van der Waals surface area contributed by atoms with Crippen molar-refractivity contribution in [2.45, 2.75) is 112 Å². The van der Waals surface area contributed by atoms with Gasteiger partial charge in [-0.05, 0) is 130 Å². The number of nitrogens with zero attached hydrogens (tertiary/aromatic N) is 7. The Labute approximate surface area is 428 Å². The van der Waals surface area contributed by atoms with Gasteiger partial charge in [0.25, 0.3) is 0 Å². The second-order valence-electron chi connectivity index (χ2n) is 19.8. The lowest BCUT2D eigenvalue weighted by atomic mass is 10.00. The predicted octanol–water partition coefficient (Wildman–Crippen LogP) is 11.4. The van der Waals surface area contributed by atoms with Crippen LogP contribution in [0.15, 0.2) is 58.1 Å². The molecule has 0 aliphatic carbocycles. The summed E-state index contributed by atoms with van der Waals surface area (Å²) in [6, 6.07) is 6.97. The number of aryl methyl sites for hydroxylation is 6. The van der Waals surface area contributed by atoms with Gasteiger partial charge in [0, 0.05) is 101 Å². The Morgan fingerprint density at radius 2 is 1.21 bits per heavy atom. The van der Waals surface area contributed by atoms with Crippen LogP contribution in [0.4, 0.5) is 38.6 Å². The third-order valence-electron chi connectivity index (χ3n) is 12.8. The van der Waals surface area contributed by atoms with Crippen molar-refractivity contribution in [1.29, 1.82) is 0 Å². The number of nitrogens with one attached hydrogen (secondary N) is 5. The zero-order valence-corrected chi connectivity index (χ0v) is 43.1. The minimum Gasteiger partial charge on any atom is -0.444 e. The average molecular weight is 1040 g/mol. The van der Waals surface area contributed by atoms with Gasteiger partial charge in [-0.15, -0.1) is 0 Å². The minimum absolute atomic E-state index is 0.00940. The van der Waals surface area contributed by atoms with Crippen molar-refractivity contribution in [3.63, 3.8) is 0 Å². The van der Waals surface area contributed by atoms with E-state index in [1.807, 2.05) is 66.2 Å². The molecule has 75 heavy (non-hydrogen) atoms. The maximum absolute atomic E-state index is 15.3. The van der Waals surface area contributed by atoms with Crippen molar-refractivity contribution in [3.05, 3.63) is 94.7 Å². The van der Waals surface area contributed by atoms with Gasteiger partial charge in [0.05, 0.1) is 33.9 Å². The molecular formula is C53H59F5N12O5. The van der Waals surface area contributed by atoms with Crippen LogP contribution in [0.2, 0.25) is 0 Å². The molecule has 396 valence electrons. The molecule has 0 unspecified atom stereocenters. The molecule has 1 amide bonds. The normalized spacial score (nSPS) is 16.0. The molecule has 2 saturated heterocycles. The number of alkyl halides is 3. The summed E-state index contributed by atoms with van der Waals surface area (Å²) in [4.78, 5) is 48.0. The smallest absolute Gasteiger partial charge is 0.444 e. The molecule has 2 fully saturated rings. The number of aldehydes is 1. The quantitative estimate of drug-likeness (QED) is 0.0707. The van der Waals surface area contributed by atoms with Crippen molar-refractivity contribution >= 4 is 46.1 Å². The standard InChI is InChI=1S/C28H33FN6O3.C23H25FN6O.C2HF3O/c1-15-12-31-26(32-18-8-7-9-35(14-18)27(36)37-28(4,5)6)33-25(15)21-13-30-23-11-20(22(29)10-19(21)23)24-16(2)34-38-17(24)3;1-12-9-27-23(28-15-5-4-6-25-10-15)29-22(12)18-11-26-20-8-17(19(24)7-16(18)20)21-13(2)30-31-14(21)3;3-2(4,5)1-6/h10-13,18,30H,7-9,14H2,1-6H3,(H,31,32,33);7-9,11,15,25-26H,4-6,10H2,1-3H3,(H,27,28,29);1H/t18-;15-;/m00./s1. The number of carbonyl (C=O) groups excluding carboxylic acids is 2. The molecule has 0 radical (unpaired) electrons. The van der Waals surface area contributed by atoms with Crippen molar-refractivity contribution in [2.75, 3.05) is 36.8 Å². The first-order valence-corrected chi connectivity index (χ1v) is 24.5. The number of hydrogen-bond acceptors (Lipinski definition) is 14. The van der Waals surface area contributed by atoms with E-state index in [2.05, 4.69) is 46.2 Å². The molecule has 10 rings (SSSR count). The molecule has 8 aromatic rings. The van der Waals surface area contributed by atoms with Gasteiger partial charge < -0.3 is 44.6 Å². The van der Waals surface area contributed by atoms with Crippen LogP contribution in [0.25, 0.3) is 66.6 Å². The second-order valence-corrected chi connectivity index (χ2v) is 19.8. The number of aromatic nitrogens is 8. The van der Waals surface area contributed by atoms with E-state index >= 15 is 8.78 Å². The Hall–Kier alpha value is -7.75. The minimum atomic E-state index is -4.64. The van der Waals surface area contributed by atoms with Gasteiger partial charge >= 0.3 is 12.3 Å². The number of ether oxygens (including phenoxy) is 1. The molecule has 2 aliphatic heterocycles. The number of halogens is 5. The van der Waals surface area contributed by atoms with Crippen LogP contribution in [0.1, 0.15) is 80.5 Å². The SMILES string of the molecule is Cc1cnc(N[C@H]2CCCN(C(=O)OC(C)(C)C)C2)nc1-c1c[nH]c2cc(-c3c(C)noc3C)c(F)cc12.Cc1cnc(N[C@H]2CCCNC2)nc1-c1c[nH]c2cc(-c3c(C)noc3C)c(F)cc12.O=CC(F)(F)F. The molecule has 22 heteroatoms. The summed E-state index contributed by atoms with van der Waals surface area (Å²) in [5.41, 5.74) is 9.58. The molecule has 2 aromatic carbocycles. The van der Waals surface area contributed by atoms with Gasteiger partial charge in [0.15, 0.2) is 0 Å². The molecule has 17 nitrogen and oxygen atoms in total. The van der Waals surface area contributed by atoms with Crippen molar-refractivity contribution < 1.29 is 45.3 Å². The van der Waals surface area contributed by atoms with Gasteiger partial charge in [0.2, 0.25) is 18.2 Å². The number of piperidine rings is 2. The number of rotatable bonds is 8. The largest absolute Gasteiger partial charge is 0.446 e. The number of likely N-dealkylation sites (tertiary alicyclic amines) is 1. The number of hydrogen-bond donors (Lipinski definition) is 5. The van der Waals surface area contributed by atoms with E-state index in [1.165, 1.54) is 6.07 Å². The fourth-order valence-electron chi connectivity index (χ4n) is 9.29. The number of anilines is 2. The number of carbonyl (C=O) groups is 2. The number of benzene rings is 2. The fraction of sp³-hybridized carbons (Fsp3) is 0.396. The first kappa shape index (κ1) is 53.5. The van der Waals surface area contributed by atoms with E-state index in [4.69, 9.17) is 28.5 Å². The molecule has 0 spiro atoms. The van der Waals surface area contributed by atoms with Gasteiger partial charge in [-0.25, -0.2) is 33.5 Å². The highest BCUT2D eigenvalue weighted by Crippen LogP contribution is 2.38. The van der Waals surface area contributed by atoms with Crippen molar-refractivity contribution in [2.24, 2.45) is 0 Å². The van der Waals surface area contributed by atoms with Crippen LogP contribution in [0.3, 0.4) is 0 Å². The molecule has 8 heterocycles. The third kappa shape index (κ3) is 12.4. The lowest BCUT2D eigenvalue weighted by Crippen LogP contribution is -2.47. The van der Waals surface area contributed by atoms with Gasteiger partial charge in [-0.3, -0.25) is 4.79 Å². The molecule has 5 N–H and O–H groups in total. The monoisotopic (exact) mass is 1040 g/mol. The zero-order valence-electron chi connectivity index (χ0n) is 43.1. The van der Waals surface area contributed by atoms with Crippen molar-refractivity contribution in [1.82, 2.24) is 50.4 Å². The number of amides is 1. The Kier molecular flexibility index (Phi) is 15.7. The highest BCUT2D eigenvalue weighted by molar-refractivity contribution is 5.99. The van der Waals surface area contributed by atoms with E-state index in [0.717, 1.165) is 88.5 Å². The maximum Gasteiger partial charge on any atom is 0.446 e. The summed E-state index contributed by atoms with van der Waals surface area (Å²) in [6.07, 6.45) is 5.22. The lowest BCUT2D eigenvalue weighted by molar-refractivity contribution is -0.156. The highest BCUT2D eigenvalue weighted by Gasteiger charge is 2.29. The van der Waals surface area contributed by atoms with Crippen LogP contribution >= 0.6 is 0 Å². The fourth-order valence-corrected chi connectivity index (χ4v) is 9.29. The third-order valence-corrected chi connectivity index (χ3v) is 12.8.